The van der Waals surface area contributed by atoms with Crippen LogP contribution in [0.3, 0.4) is 0 Å². The fourth-order valence-electron chi connectivity index (χ4n) is 1.48. The van der Waals surface area contributed by atoms with Crippen LogP contribution in [0.5, 0.6) is 0 Å². The van der Waals surface area contributed by atoms with E-state index in [-0.39, 0.29) is 5.91 Å². The van der Waals surface area contributed by atoms with Crippen molar-refractivity contribution in [3.63, 3.8) is 0 Å². The van der Waals surface area contributed by atoms with E-state index in [1.165, 1.54) is 0 Å². The van der Waals surface area contributed by atoms with E-state index in [9.17, 15) is 4.79 Å². The third kappa shape index (κ3) is 3.11. The molecule has 92 valence electrons. The van der Waals surface area contributed by atoms with Crippen LogP contribution in [0.1, 0.15) is 10.4 Å². The molecular weight excluding hydrogens is 360 g/mol. The van der Waals surface area contributed by atoms with E-state index in [1.54, 1.807) is 18.2 Å². The number of nitrogen functional groups attached to an aromatic ring is 1. The predicted octanol–water partition coefficient (Wildman–Crippen LogP) is 4.05. The van der Waals surface area contributed by atoms with Gasteiger partial charge in [0.2, 0.25) is 0 Å². The Labute approximate surface area is 122 Å². The molecule has 0 atom stereocenters. The molecule has 0 bridgehead atoms. The van der Waals surface area contributed by atoms with E-state index in [2.05, 4.69) is 37.2 Å². The van der Waals surface area contributed by atoms with E-state index >= 15 is 0 Å². The summed E-state index contributed by atoms with van der Waals surface area (Å²) >= 11 is 6.69. The molecule has 3 N–H and O–H groups in total. The van der Waals surface area contributed by atoms with Crippen LogP contribution in [0.4, 0.5) is 11.4 Å². The monoisotopic (exact) mass is 368 g/mol. The van der Waals surface area contributed by atoms with Crippen LogP contribution in [0, 0.1) is 0 Å². The summed E-state index contributed by atoms with van der Waals surface area (Å²) in [6.07, 6.45) is 0. The number of benzene rings is 2. The molecule has 0 unspecified atom stereocenters. The SMILES string of the molecule is Nc1ccc(Br)c(C(=O)Nc2cccc(Br)c2)c1. The average molecular weight is 370 g/mol. The van der Waals surface area contributed by atoms with Crippen molar-refractivity contribution in [2.24, 2.45) is 0 Å². The molecule has 0 aromatic heterocycles. The summed E-state index contributed by atoms with van der Waals surface area (Å²) in [6.45, 7) is 0. The second-order valence-electron chi connectivity index (χ2n) is 3.70. The molecule has 0 aliphatic rings. The van der Waals surface area contributed by atoms with E-state index in [0.29, 0.717) is 15.7 Å². The zero-order valence-electron chi connectivity index (χ0n) is 9.28. The molecule has 0 spiro atoms. The number of amides is 1. The van der Waals surface area contributed by atoms with Gasteiger partial charge in [0.25, 0.3) is 5.91 Å². The van der Waals surface area contributed by atoms with Gasteiger partial charge in [-0.2, -0.15) is 0 Å². The van der Waals surface area contributed by atoms with Crippen molar-refractivity contribution in [1.82, 2.24) is 0 Å². The zero-order valence-corrected chi connectivity index (χ0v) is 12.5. The second kappa shape index (κ2) is 5.54. The molecule has 18 heavy (non-hydrogen) atoms. The Kier molecular flexibility index (Phi) is 4.04. The Balaban J connectivity index is 2.24. The summed E-state index contributed by atoms with van der Waals surface area (Å²) in [7, 11) is 0. The molecule has 2 aromatic rings. The van der Waals surface area contributed by atoms with Gasteiger partial charge in [0.1, 0.15) is 0 Å². The maximum atomic E-state index is 12.1. The summed E-state index contributed by atoms with van der Waals surface area (Å²) in [5, 5.41) is 2.81. The normalized spacial score (nSPS) is 10.1. The Morgan fingerprint density at radius 3 is 2.61 bits per heavy atom. The first-order chi connectivity index (χ1) is 8.56. The van der Waals surface area contributed by atoms with Gasteiger partial charge in [-0.3, -0.25) is 4.79 Å². The fourth-order valence-corrected chi connectivity index (χ4v) is 2.31. The lowest BCUT2D eigenvalue weighted by molar-refractivity contribution is 0.102. The van der Waals surface area contributed by atoms with E-state index in [0.717, 1.165) is 10.2 Å². The van der Waals surface area contributed by atoms with Crippen LogP contribution in [0.2, 0.25) is 0 Å². The summed E-state index contributed by atoms with van der Waals surface area (Å²) in [5.74, 6) is -0.202. The first-order valence-electron chi connectivity index (χ1n) is 5.18. The highest BCUT2D eigenvalue weighted by molar-refractivity contribution is 9.10. The van der Waals surface area contributed by atoms with Gasteiger partial charge in [-0.15, -0.1) is 0 Å². The molecule has 0 radical (unpaired) electrons. The Hall–Kier alpha value is -1.33. The highest BCUT2D eigenvalue weighted by atomic mass is 79.9. The van der Waals surface area contributed by atoms with Gasteiger partial charge >= 0.3 is 0 Å². The molecule has 0 saturated heterocycles. The Morgan fingerprint density at radius 1 is 1.11 bits per heavy atom. The number of hydrogen-bond acceptors (Lipinski definition) is 2. The van der Waals surface area contributed by atoms with Gasteiger partial charge in [-0.1, -0.05) is 22.0 Å². The first kappa shape index (κ1) is 13.1. The molecular formula is C13H10Br2N2O. The highest BCUT2D eigenvalue weighted by Gasteiger charge is 2.10. The van der Waals surface area contributed by atoms with E-state index in [1.807, 2.05) is 24.3 Å². The van der Waals surface area contributed by atoms with Crippen molar-refractivity contribution >= 4 is 49.1 Å². The Bertz CT molecular complexity index is 599. The molecule has 2 rings (SSSR count). The van der Waals surface area contributed by atoms with Crippen molar-refractivity contribution < 1.29 is 4.79 Å². The van der Waals surface area contributed by atoms with Gasteiger partial charge < -0.3 is 11.1 Å². The van der Waals surface area contributed by atoms with Crippen LogP contribution in [-0.2, 0) is 0 Å². The predicted molar refractivity (Wildman–Crippen MR) is 80.6 cm³/mol. The number of carbonyl (C=O) groups is 1. The molecule has 0 aliphatic carbocycles. The molecule has 0 saturated carbocycles. The van der Waals surface area contributed by atoms with Crippen molar-refractivity contribution in [2.45, 2.75) is 0 Å². The van der Waals surface area contributed by atoms with Gasteiger partial charge in [-0.05, 0) is 52.3 Å². The molecule has 0 aliphatic heterocycles. The van der Waals surface area contributed by atoms with Crippen LogP contribution >= 0.6 is 31.9 Å². The number of anilines is 2. The van der Waals surface area contributed by atoms with Crippen LogP contribution in [-0.4, -0.2) is 5.91 Å². The molecule has 2 aromatic carbocycles. The third-order valence-electron chi connectivity index (χ3n) is 2.32. The van der Waals surface area contributed by atoms with Gasteiger partial charge in [0.15, 0.2) is 0 Å². The molecule has 3 nitrogen and oxygen atoms in total. The minimum Gasteiger partial charge on any atom is -0.399 e. The quantitative estimate of drug-likeness (QED) is 0.784. The maximum absolute atomic E-state index is 12.1. The van der Waals surface area contributed by atoms with Gasteiger partial charge in [-0.25, -0.2) is 0 Å². The standard InChI is InChI=1S/C13H10Br2N2O/c14-8-2-1-3-10(6-8)17-13(18)11-7-9(16)4-5-12(11)15/h1-7H,16H2,(H,17,18). The van der Waals surface area contributed by atoms with Gasteiger partial charge in [0.05, 0.1) is 5.56 Å². The maximum Gasteiger partial charge on any atom is 0.256 e. The smallest absolute Gasteiger partial charge is 0.256 e. The minimum absolute atomic E-state index is 0.202. The number of nitrogens with two attached hydrogens (primary N) is 1. The summed E-state index contributed by atoms with van der Waals surface area (Å²) in [6, 6.07) is 12.5. The largest absolute Gasteiger partial charge is 0.399 e. The molecule has 0 heterocycles. The third-order valence-corrected chi connectivity index (χ3v) is 3.50. The summed E-state index contributed by atoms with van der Waals surface area (Å²) < 4.78 is 1.62. The van der Waals surface area contributed by atoms with Crippen molar-refractivity contribution in [1.29, 1.82) is 0 Å². The average Bonchev–Trinajstić information content (AvgIpc) is 2.32. The lowest BCUT2D eigenvalue weighted by Crippen LogP contribution is -2.12. The molecule has 5 heteroatoms. The second-order valence-corrected chi connectivity index (χ2v) is 5.47. The first-order valence-corrected chi connectivity index (χ1v) is 6.77. The van der Waals surface area contributed by atoms with Crippen LogP contribution < -0.4 is 11.1 Å². The van der Waals surface area contributed by atoms with Crippen molar-refractivity contribution in [3.05, 3.63) is 57.0 Å². The number of nitrogens with one attached hydrogen (secondary N) is 1. The number of rotatable bonds is 2. The van der Waals surface area contributed by atoms with E-state index < -0.39 is 0 Å². The lowest BCUT2D eigenvalue weighted by atomic mass is 10.2. The fraction of sp³-hybridized carbons (Fsp3) is 0. The zero-order chi connectivity index (χ0) is 13.1. The summed E-state index contributed by atoms with van der Waals surface area (Å²) in [5.41, 5.74) is 7.46. The van der Waals surface area contributed by atoms with E-state index in [4.69, 9.17) is 5.73 Å². The van der Waals surface area contributed by atoms with Crippen molar-refractivity contribution in [2.75, 3.05) is 11.1 Å². The molecule has 0 fully saturated rings. The van der Waals surface area contributed by atoms with Crippen molar-refractivity contribution in [3.8, 4) is 0 Å². The number of carbonyl (C=O) groups excluding carboxylic acids is 1. The van der Waals surface area contributed by atoms with Gasteiger partial charge in [0, 0.05) is 20.3 Å². The molecule has 1 amide bonds. The van der Waals surface area contributed by atoms with Crippen LogP contribution in [0.15, 0.2) is 51.4 Å². The lowest BCUT2D eigenvalue weighted by Gasteiger charge is -2.08. The Morgan fingerprint density at radius 2 is 1.89 bits per heavy atom. The topological polar surface area (TPSA) is 55.1 Å². The van der Waals surface area contributed by atoms with Crippen LogP contribution in [0.25, 0.3) is 0 Å². The number of halogens is 2. The highest BCUT2D eigenvalue weighted by Crippen LogP contribution is 2.22. The summed E-state index contributed by atoms with van der Waals surface area (Å²) in [4.78, 5) is 12.1. The number of hydrogen-bond donors (Lipinski definition) is 2. The minimum atomic E-state index is -0.202.